The van der Waals surface area contributed by atoms with Gasteiger partial charge in [0.1, 0.15) is 0 Å². The summed E-state index contributed by atoms with van der Waals surface area (Å²) >= 11 is 1.69. The van der Waals surface area contributed by atoms with Gasteiger partial charge in [-0.1, -0.05) is 30.7 Å². The van der Waals surface area contributed by atoms with E-state index in [1.54, 1.807) is 17.6 Å². The zero-order valence-corrected chi connectivity index (χ0v) is 13.5. The van der Waals surface area contributed by atoms with Crippen molar-refractivity contribution in [3.8, 4) is 0 Å². The Bertz CT molecular complexity index is 659. The van der Waals surface area contributed by atoms with E-state index in [1.165, 1.54) is 10.4 Å². The van der Waals surface area contributed by atoms with Crippen molar-refractivity contribution in [1.82, 2.24) is 5.43 Å². The van der Waals surface area contributed by atoms with Crippen LogP contribution < -0.4 is 5.43 Å². The molecule has 0 aliphatic carbocycles. The number of benzene rings is 1. The predicted molar refractivity (Wildman–Crippen MR) is 89.1 cm³/mol. The highest BCUT2D eigenvalue weighted by Gasteiger charge is 2.05. The van der Waals surface area contributed by atoms with Gasteiger partial charge in [0.25, 0.3) is 0 Å². The van der Waals surface area contributed by atoms with E-state index in [9.17, 15) is 4.79 Å². The maximum absolute atomic E-state index is 11.9. The van der Waals surface area contributed by atoms with Crippen LogP contribution in [0.25, 0.3) is 0 Å². The highest BCUT2D eigenvalue weighted by atomic mass is 32.1. The van der Waals surface area contributed by atoms with Gasteiger partial charge in [0.2, 0.25) is 5.91 Å². The standard InChI is InChI=1S/C17H20N2OS/c1-4-15-7-8-16(21-15)11-18-19-17(20)10-14-6-5-12(2)9-13(14)3/h5-9,11H,4,10H2,1-3H3,(H,19,20)/b18-11-. The Morgan fingerprint density at radius 3 is 2.76 bits per heavy atom. The van der Waals surface area contributed by atoms with Gasteiger partial charge in [0.05, 0.1) is 12.6 Å². The molecule has 0 saturated heterocycles. The van der Waals surface area contributed by atoms with E-state index in [1.807, 2.05) is 32.0 Å². The molecule has 0 unspecified atom stereocenters. The second-order valence-corrected chi connectivity index (χ2v) is 6.26. The van der Waals surface area contributed by atoms with E-state index < -0.39 is 0 Å². The molecule has 110 valence electrons. The number of nitrogens with one attached hydrogen (secondary N) is 1. The molecule has 21 heavy (non-hydrogen) atoms. The van der Waals surface area contributed by atoms with Crippen LogP contribution in [0, 0.1) is 13.8 Å². The number of rotatable bonds is 5. The topological polar surface area (TPSA) is 41.5 Å². The number of amides is 1. The van der Waals surface area contributed by atoms with Gasteiger partial charge >= 0.3 is 0 Å². The molecule has 1 aromatic carbocycles. The fourth-order valence-corrected chi connectivity index (χ4v) is 2.90. The lowest BCUT2D eigenvalue weighted by molar-refractivity contribution is -0.120. The van der Waals surface area contributed by atoms with Crippen LogP contribution in [0.5, 0.6) is 0 Å². The van der Waals surface area contributed by atoms with E-state index in [-0.39, 0.29) is 5.91 Å². The van der Waals surface area contributed by atoms with Crippen molar-refractivity contribution in [2.75, 3.05) is 0 Å². The lowest BCUT2D eigenvalue weighted by Gasteiger charge is -2.05. The Morgan fingerprint density at radius 2 is 2.10 bits per heavy atom. The third kappa shape index (κ3) is 4.53. The Hall–Kier alpha value is -1.94. The smallest absolute Gasteiger partial charge is 0.244 e. The van der Waals surface area contributed by atoms with Crippen molar-refractivity contribution in [2.24, 2.45) is 5.10 Å². The molecule has 2 aromatic rings. The van der Waals surface area contributed by atoms with Gasteiger partial charge in [0.15, 0.2) is 0 Å². The Balaban J connectivity index is 1.89. The summed E-state index contributed by atoms with van der Waals surface area (Å²) in [6.45, 7) is 6.20. The fourth-order valence-electron chi connectivity index (χ4n) is 2.08. The first kappa shape index (κ1) is 15.4. The predicted octanol–water partition coefficient (Wildman–Crippen LogP) is 3.62. The molecule has 0 radical (unpaired) electrons. The minimum absolute atomic E-state index is 0.0922. The summed E-state index contributed by atoms with van der Waals surface area (Å²) in [6, 6.07) is 10.2. The summed E-state index contributed by atoms with van der Waals surface area (Å²) in [5.74, 6) is -0.0922. The average molecular weight is 300 g/mol. The Labute approximate surface area is 129 Å². The van der Waals surface area contributed by atoms with Crippen LogP contribution in [0.1, 0.15) is 33.4 Å². The van der Waals surface area contributed by atoms with Gasteiger partial charge in [-0.3, -0.25) is 4.79 Å². The fraction of sp³-hybridized carbons (Fsp3) is 0.294. The number of hydrogen-bond donors (Lipinski definition) is 1. The molecule has 0 aliphatic heterocycles. The minimum atomic E-state index is -0.0922. The molecule has 4 heteroatoms. The molecule has 2 rings (SSSR count). The molecule has 1 N–H and O–H groups in total. The van der Waals surface area contributed by atoms with Crippen molar-refractivity contribution in [1.29, 1.82) is 0 Å². The van der Waals surface area contributed by atoms with Gasteiger partial charge < -0.3 is 0 Å². The van der Waals surface area contributed by atoms with Crippen molar-refractivity contribution in [3.05, 3.63) is 56.8 Å². The van der Waals surface area contributed by atoms with E-state index in [2.05, 4.69) is 29.6 Å². The summed E-state index contributed by atoms with van der Waals surface area (Å²) < 4.78 is 0. The molecule has 1 amide bonds. The van der Waals surface area contributed by atoms with Crippen LogP contribution in [0.15, 0.2) is 35.4 Å². The molecule has 0 fully saturated rings. The third-order valence-corrected chi connectivity index (χ3v) is 4.43. The number of carbonyl (C=O) groups excluding carboxylic acids is 1. The summed E-state index contributed by atoms with van der Waals surface area (Å²) in [4.78, 5) is 14.3. The SMILES string of the molecule is CCc1ccc(/C=N\NC(=O)Cc2ccc(C)cc2C)s1. The zero-order valence-electron chi connectivity index (χ0n) is 12.6. The number of thiophene rings is 1. The summed E-state index contributed by atoms with van der Waals surface area (Å²) in [7, 11) is 0. The number of hydrazone groups is 1. The summed E-state index contributed by atoms with van der Waals surface area (Å²) in [5, 5.41) is 4.02. The molecule has 3 nitrogen and oxygen atoms in total. The van der Waals surface area contributed by atoms with E-state index in [4.69, 9.17) is 0 Å². The van der Waals surface area contributed by atoms with Gasteiger partial charge in [-0.15, -0.1) is 11.3 Å². The monoisotopic (exact) mass is 300 g/mol. The highest BCUT2D eigenvalue weighted by molar-refractivity contribution is 7.13. The zero-order chi connectivity index (χ0) is 15.2. The van der Waals surface area contributed by atoms with Gasteiger partial charge in [-0.05, 0) is 43.5 Å². The van der Waals surface area contributed by atoms with Gasteiger partial charge in [-0.25, -0.2) is 5.43 Å². The third-order valence-electron chi connectivity index (χ3n) is 3.26. The molecular weight excluding hydrogens is 280 g/mol. The molecule has 0 spiro atoms. The van der Waals surface area contributed by atoms with Crippen LogP contribution in [-0.2, 0) is 17.6 Å². The second-order valence-electron chi connectivity index (χ2n) is 5.06. The van der Waals surface area contributed by atoms with E-state index in [0.717, 1.165) is 22.4 Å². The van der Waals surface area contributed by atoms with Crippen LogP contribution in [0.2, 0.25) is 0 Å². The van der Waals surface area contributed by atoms with Gasteiger partial charge in [-0.2, -0.15) is 5.10 Å². The Morgan fingerprint density at radius 1 is 1.29 bits per heavy atom. The largest absolute Gasteiger partial charge is 0.273 e. The lowest BCUT2D eigenvalue weighted by Crippen LogP contribution is -2.20. The van der Waals surface area contributed by atoms with Crippen molar-refractivity contribution in [3.63, 3.8) is 0 Å². The molecule has 1 aromatic heterocycles. The molecular formula is C17H20N2OS. The van der Waals surface area contributed by atoms with Crippen molar-refractivity contribution >= 4 is 23.5 Å². The van der Waals surface area contributed by atoms with Crippen LogP contribution in [-0.4, -0.2) is 12.1 Å². The maximum Gasteiger partial charge on any atom is 0.244 e. The quantitative estimate of drug-likeness (QED) is 0.665. The van der Waals surface area contributed by atoms with Crippen molar-refractivity contribution in [2.45, 2.75) is 33.6 Å². The first-order valence-corrected chi connectivity index (χ1v) is 7.87. The van der Waals surface area contributed by atoms with Gasteiger partial charge in [0, 0.05) is 9.75 Å². The summed E-state index contributed by atoms with van der Waals surface area (Å²) in [6.07, 6.45) is 3.08. The van der Waals surface area contributed by atoms with Crippen LogP contribution in [0.3, 0.4) is 0 Å². The average Bonchev–Trinajstić information content (AvgIpc) is 2.90. The molecule has 0 aliphatic rings. The number of aryl methyl sites for hydroxylation is 3. The van der Waals surface area contributed by atoms with Crippen LogP contribution in [0.4, 0.5) is 0 Å². The minimum Gasteiger partial charge on any atom is -0.273 e. The first-order chi connectivity index (χ1) is 10.1. The molecule has 0 saturated carbocycles. The number of carbonyl (C=O) groups is 1. The normalized spacial score (nSPS) is 11.0. The molecule has 0 bridgehead atoms. The second kappa shape index (κ2) is 7.18. The summed E-state index contributed by atoms with van der Waals surface area (Å²) in [5.41, 5.74) is 5.97. The van der Waals surface area contributed by atoms with Crippen molar-refractivity contribution < 1.29 is 4.79 Å². The van der Waals surface area contributed by atoms with E-state index in [0.29, 0.717) is 6.42 Å². The number of nitrogens with zero attached hydrogens (tertiary/aromatic N) is 1. The first-order valence-electron chi connectivity index (χ1n) is 7.05. The molecule has 0 atom stereocenters. The molecule has 1 heterocycles. The maximum atomic E-state index is 11.9. The Kier molecular flexibility index (Phi) is 5.28. The van der Waals surface area contributed by atoms with E-state index >= 15 is 0 Å². The lowest BCUT2D eigenvalue weighted by atomic mass is 10.0. The van der Waals surface area contributed by atoms with Crippen LogP contribution >= 0.6 is 11.3 Å². The highest BCUT2D eigenvalue weighted by Crippen LogP contribution is 2.14. The number of hydrogen-bond acceptors (Lipinski definition) is 3.